The number of hydrogen-bond donors (Lipinski definition) is 2. The molecule has 0 radical (unpaired) electrons. The van der Waals surface area contributed by atoms with Crippen molar-refractivity contribution in [2.75, 3.05) is 31.7 Å². The molecule has 3 aromatic rings. The van der Waals surface area contributed by atoms with Gasteiger partial charge in [0.05, 0.1) is 6.61 Å². The summed E-state index contributed by atoms with van der Waals surface area (Å²) in [6.07, 6.45) is -4.81. The van der Waals surface area contributed by atoms with Gasteiger partial charge >= 0.3 is 6.18 Å². The Morgan fingerprint density at radius 3 is 2.66 bits per heavy atom. The van der Waals surface area contributed by atoms with Crippen LogP contribution in [0.25, 0.3) is 11.1 Å². The average Bonchev–Trinajstić information content (AvgIpc) is 3.65. The summed E-state index contributed by atoms with van der Waals surface area (Å²) in [6, 6.07) is 9.87. The Hall–Kier alpha value is -3.12. The largest absolute Gasteiger partial charge is 0.480 e. The van der Waals surface area contributed by atoms with E-state index in [2.05, 4.69) is 10.3 Å². The first kappa shape index (κ1) is 27.9. The van der Waals surface area contributed by atoms with Crippen molar-refractivity contribution in [3.63, 3.8) is 0 Å². The molecule has 202 valence electrons. The molecular weight excluding hydrogens is 553 g/mol. The quantitative estimate of drug-likeness (QED) is 0.263. The molecule has 0 saturated carbocycles. The van der Waals surface area contributed by atoms with Gasteiger partial charge < -0.3 is 24.8 Å². The molecule has 1 aliphatic heterocycles. The molecule has 13 heteroatoms. The van der Waals surface area contributed by atoms with E-state index in [1.807, 2.05) is 0 Å². The van der Waals surface area contributed by atoms with E-state index >= 15 is 0 Å². The Kier molecular flexibility index (Phi) is 8.31. The molecular formula is C25H21Cl2F4N3O4. The predicted molar refractivity (Wildman–Crippen MR) is 133 cm³/mol. The second-order valence-corrected chi connectivity index (χ2v) is 9.13. The third kappa shape index (κ3) is 6.29. The van der Waals surface area contributed by atoms with E-state index in [9.17, 15) is 22.4 Å². The van der Waals surface area contributed by atoms with Crippen LogP contribution < -0.4 is 15.0 Å². The topological polar surface area (TPSA) is 87.2 Å². The van der Waals surface area contributed by atoms with Crippen molar-refractivity contribution in [3.05, 3.63) is 75.7 Å². The van der Waals surface area contributed by atoms with E-state index in [-0.39, 0.29) is 51.5 Å². The maximum absolute atomic E-state index is 14.3. The molecule has 2 heterocycles. The van der Waals surface area contributed by atoms with Gasteiger partial charge in [-0.25, -0.2) is 9.37 Å². The minimum absolute atomic E-state index is 0.00549. The lowest BCUT2D eigenvalue weighted by molar-refractivity contribution is -0.153. The summed E-state index contributed by atoms with van der Waals surface area (Å²) in [7, 11) is 1.51. The number of alkyl halides is 3. The number of aliphatic hydroxyl groups is 1. The van der Waals surface area contributed by atoms with E-state index in [1.54, 1.807) is 0 Å². The standard InChI is InChI=1S/C25H21Cl2F4N3O4/c1-34(24-21(38-24)20-17(27)3-2-4-18(20)28)22-19(37-12-25(29,30)31)10-14(11-33-22)15-9-13(5-6-16(15)26)23(36)32-7-8-35/h2-6,9-11,21,24,35H,7-8,12H2,1H3,(H,32,36). The Bertz CT molecular complexity index is 1320. The number of ether oxygens (including phenoxy) is 2. The van der Waals surface area contributed by atoms with Gasteiger partial charge in [-0.05, 0) is 36.4 Å². The lowest BCUT2D eigenvalue weighted by Gasteiger charge is -2.21. The molecule has 1 saturated heterocycles. The van der Waals surface area contributed by atoms with Crippen LogP contribution in [0.2, 0.25) is 10.0 Å². The molecule has 2 unspecified atom stereocenters. The van der Waals surface area contributed by atoms with E-state index in [4.69, 9.17) is 37.8 Å². The Labute approximate surface area is 224 Å². The summed E-state index contributed by atoms with van der Waals surface area (Å²) in [5.41, 5.74) is 0.948. The van der Waals surface area contributed by atoms with Gasteiger partial charge in [0.15, 0.2) is 24.4 Å². The van der Waals surface area contributed by atoms with Crippen molar-refractivity contribution >= 4 is 34.9 Å². The maximum atomic E-state index is 14.3. The summed E-state index contributed by atoms with van der Waals surface area (Å²) in [4.78, 5) is 18.0. The molecule has 2 aromatic carbocycles. The van der Waals surface area contributed by atoms with Crippen molar-refractivity contribution in [1.82, 2.24) is 10.3 Å². The maximum Gasteiger partial charge on any atom is 0.422 e. The number of likely N-dealkylation sites (N-methyl/N-ethyl adjacent to an activating group) is 1. The summed E-state index contributed by atoms with van der Waals surface area (Å²) in [5, 5.41) is 11.8. The number of carbonyl (C=O) groups excluding carboxylic acids is 1. The van der Waals surface area contributed by atoms with Crippen molar-refractivity contribution < 1.29 is 36.9 Å². The molecule has 1 aromatic heterocycles. The SMILES string of the molecule is CN(c1ncc(-c2cc(C(=O)NCCO)ccc2Cl)cc1OCC(F)(F)F)C1OC1c1c(F)cccc1Cl. The molecule has 7 nitrogen and oxygen atoms in total. The molecule has 2 atom stereocenters. The second-order valence-electron chi connectivity index (χ2n) is 8.32. The zero-order valence-electron chi connectivity index (χ0n) is 19.7. The number of rotatable bonds is 9. The van der Waals surface area contributed by atoms with E-state index < -0.39 is 36.8 Å². The monoisotopic (exact) mass is 573 g/mol. The zero-order valence-corrected chi connectivity index (χ0v) is 21.2. The summed E-state index contributed by atoms with van der Waals surface area (Å²) < 4.78 is 64.1. The number of aromatic nitrogens is 1. The number of carbonyl (C=O) groups is 1. The van der Waals surface area contributed by atoms with Gasteiger partial charge in [0.1, 0.15) is 11.9 Å². The number of amides is 1. The minimum Gasteiger partial charge on any atom is -0.480 e. The molecule has 1 aliphatic rings. The third-order valence-electron chi connectivity index (χ3n) is 5.63. The van der Waals surface area contributed by atoms with Crippen LogP contribution in [0.15, 0.2) is 48.7 Å². The predicted octanol–water partition coefficient (Wildman–Crippen LogP) is 5.39. The highest BCUT2D eigenvalue weighted by Gasteiger charge is 2.47. The number of hydrogen-bond acceptors (Lipinski definition) is 6. The minimum atomic E-state index is -4.63. The second kappa shape index (κ2) is 11.3. The normalized spacial score (nSPS) is 16.7. The van der Waals surface area contributed by atoms with Crippen LogP contribution in [-0.2, 0) is 4.74 Å². The van der Waals surface area contributed by atoms with Gasteiger partial charge in [0.25, 0.3) is 5.91 Å². The molecule has 0 aliphatic carbocycles. The highest BCUT2D eigenvalue weighted by molar-refractivity contribution is 6.33. The van der Waals surface area contributed by atoms with Gasteiger partial charge in [-0.1, -0.05) is 29.3 Å². The average molecular weight is 574 g/mol. The molecule has 38 heavy (non-hydrogen) atoms. The third-order valence-corrected chi connectivity index (χ3v) is 6.29. The number of aliphatic hydroxyl groups excluding tert-OH is 1. The molecule has 2 N–H and O–H groups in total. The number of nitrogens with one attached hydrogen (secondary N) is 1. The van der Waals surface area contributed by atoms with E-state index in [0.29, 0.717) is 5.56 Å². The van der Waals surface area contributed by atoms with Gasteiger partial charge in [0, 0.05) is 52.1 Å². The lowest BCUT2D eigenvalue weighted by Crippen LogP contribution is -2.26. The number of anilines is 1. The van der Waals surface area contributed by atoms with Crippen LogP contribution in [0.5, 0.6) is 5.75 Å². The number of halogens is 6. The van der Waals surface area contributed by atoms with Crippen molar-refractivity contribution in [2.45, 2.75) is 18.5 Å². The number of pyridine rings is 1. The smallest absolute Gasteiger partial charge is 0.422 e. The lowest BCUT2D eigenvalue weighted by atomic mass is 10.0. The van der Waals surface area contributed by atoms with E-state index in [1.165, 1.54) is 60.6 Å². The summed E-state index contributed by atoms with van der Waals surface area (Å²) >= 11 is 12.4. The fourth-order valence-electron chi connectivity index (χ4n) is 3.79. The first-order valence-corrected chi connectivity index (χ1v) is 12.0. The van der Waals surface area contributed by atoms with E-state index in [0.717, 1.165) is 0 Å². The zero-order chi connectivity index (χ0) is 27.6. The van der Waals surface area contributed by atoms with Crippen molar-refractivity contribution in [2.24, 2.45) is 0 Å². The van der Waals surface area contributed by atoms with Gasteiger partial charge in [-0.2, -0.15) is 13.2 Å². The van der Waals surface area contributed by atoms with Gasteiger partial charge in [0.2, 0.25) is 0 Å². The highest BCUT2D eigenvalue weighted by Crippen LogP contribution is 2.47. The van der Waals surface area contributed by atoms with Crippen LogP contribution in [-0.4, -0.2) is 55.2 Å². The molecule has 1 fully saturated rings. The Morgan fingerprint density at radius 1 is 1.21 bits per heavy atom. The first-order chi connectivity index (χ1) is 18.0. The van der Waals surface area contributed by atoms with Crippen LogP contribution in [0.1, 0.15) is 22.0 Å². The van der Waals surface area contributed by atoms with Crippen LogP contribution >= 0.6 is 23.2 Å². The van der Waals surface area contributed by atoms with Crippen molar-refractivity contribution in [1.29, 1.82) is 0 Å². The number of nitrogens with zero attached hydrogens (tertiary/aromatic N) is 2. The summed E-state index contributed by atoms with van der Waals surface area (Å²) in [5.74, 6) is -1.28. The summed E-state index contributed by atoms with van der Waals surface area (Å²) in [6.45, 7) is -1.80. The molecule has 4 rings (SSSR count). The Balaban J connectivity index is 1.67. The number of benzene rings is 2. The molecule has 1 amide bonds. The van der Waals surface area contributed by atoms with Gasteiger partial charge in [-0.15, -0.1) is 0 Å². The van der Waals surface area contributed by atoms with Crippen molar-refractivity contribution in [3.8, 4) is 16.9 Å². The highest BCUT2D eigenvalue weighted by atomic mass is 35.5. The molecule has 0 bridgehead atoms. The van der Waals surface area contributed by atoms with Crippen LogP contribution in [0.4, 0.5) is 23.4 Å². The van der Waals surface area contributed by atoms with Crippen LogP contribution in [0, 0.1) is 5.82 Å². The Morgan fingerprint density at radius 2 is 1.97 bits per heavy atom. The fraction of sp³-hybridized carbons (Fsp3) is 0.280. The number of epoxide rings is 1. The van der Waals surface area contributed by atoms with Crippen LogP contribution in [0.3, 0.4) is 0 Å². The van der Waals surface area contributed by atoms with Gasteiger partial charge in [-0.3, -0.25) is 4.79 Å². The fourth-order valence-corrected chi connectivity index (χ4v) is 4.28. The first-order valence-electron chi connectivity index (χ1n) is 11.2. The molecule has 0 spiro atoms.